The average Bonchev–Trinajstić information content (AvgIpc) is 2.49. The maximum atomic E-state index is 11.0. The third-order valence-electron chi connectivity index (χ3n) is 4.40. The van der Waals surface area contributed by atoms with E-state index in [0.717, 1.165) is 17.9 Å². The van der Waals surface area contributed by atoms with Gasteiger partial charge in [0, 0.05) is 24.2 Å². The highest BCUT2D eigenvalue weighted by Crippen LogP contribution is 2.28. The first kappa shape index (κ1) is 15.0. The third-order valence-corrected chi connectivity index (χ3v) is 4.40. The lowest BCUT2D eigenvalue weighted by Gasteiger charge is -2.30. The molecule has 0 spiro atoms. The van der Waals surface area contributed by atoms with Crippen LogP contribution in [0.2, 0.25) is 0 Å². The lowest BCUT2D eigenvalue weighted by atomic mass is 9.83. The van der Waals surface area contributed by atoms with Gasteiger partial charge in [0.05, 0.1) is 4.92 Å². The number of nitrogens with zero attached hydrogens (tertiary/aromatic N) is 1. The standard InChI is InChI=1S/C16H24N2O2/c1-2-15(13-8-4-3-5-9-13)17-12-14-10-6-7-11-16(14)18(19)20/h6-7,10-11,13,15,17H,2-5,8-9,12H2,1H3. The van der Waals surface area contributed by atoms with Crippen molar-refractivity contribution >= 4 is 5.69 Å². The zero-order valence-corrected chi connectivity index (χ0v) is 12.2. The van der Waals surface area contributed by atoms with E-state index in [-0.39, 0.29) is 10.6 Å². The molecule has 4 nitrogen and oxygen atoms in total. The van der Waals surface area contributed by atoms with E-state index in [0.29, 0.717) is 12.6 Å². The van der Waals surface area contributed by atoms with Gasteiger partial charge in [-0.2, -0.15) is 0 Å². The third kappa shape index (κ3) is 3.79. The highest BCUT2D eigenvalue weighted by molar-refractivity contribution is 5.39. The van der Waals surface area contributed by atoms with Crippen LogP contribution >= 0.6 is 0 Å². The molecular formula is C16H24N2O2. The summed E-state index contributed by atoms with van der Waals surface area (Å²) in [5.74, 6) is 0.733. The van der Waals surface area contributed by atoms with Crippen LogP contribution < -0.4 is 5.32 Å². The van der Waals surface area contributed by atoms with Gasteiger partial charge in [0.15, 0.2) is 0 Å². The topological polar surface area (TPSA) is 55.2 Å². The molecule has 110 valence electrons. The number of nitro groups is 1. The summed E-state index contributed by atoms with van der Waals surface area (Å²) >= 11 is 0. The van der Waals surface area contributed by atoms with Gasteiger partial charge in [-0.25, -0.2) is 0 Å². The molecule has 1 aromatic carbocycles. The summed E-state index contributed by atoms with van der Waals surface area (Å²) in [5, 5.41) is 14.6. The van der Waals surface area contributed by atoms with E-state index in [1.54, 1.807) is 12.1 Å². The van der Waals surface area contributed by atoms with E-state index >= 15 is 0 Å². The van der Waals surface area contributed by atoms with Crippen LogP contribution in [0.1, 0.15) is 51.0 Å². The summed E-state index contributed by atoms with van der Waals surface area (Å²) < 4.78 is 0. The molecule has 0 radical (unpaired) electrons. The Kier molecular flexibility index (Phi) is 5.53. The number of hydrogen-bond acceptors (Lipinski definition) is 3. The highest BCUT2D eigenvalue weighted by Gasteiger charge is 2.22. The van der Waals surface area contributed by atoms with Crippen molar-refractivity contribution in [3.05, 3.63) is 39.9 Å². The van der Waals surface area contributed by atoms with Gasteiger partial charge in [-0.15, -0.1) is 0 Å². The number of benzene rings is 1. The Morgan fingerprint density at radius 3 is 2.65 bits per heavy atom. The molecule has 1 atom stereocenters. The van der Waals surface area contributed by atoms with Crippen molar-refractivity contribution in [1.29, 1.82) is 0 Å². The monoisotopic (exact) mass is 276 g/mol. The molecule has 4 heteroatoms. The summed E-state index contributed by atoms with van der Waals surface area (Å²) in [6, 6.07) is 7.50. The molecule has 1 N–H and O–H groups in total. The first-order valence-electron chi connectivity index (χ1n) is 7.68. The maximum absolute atomic E-state index is 11.0. The first-order valence-corrected chi connectivity index (χ1v) is 7.68. The molecule has 1 aliphatic carbocycles. The normalized spacial score (nSPS) is 17.9. The first-order chi connectivity index (χ1) is 9.72. The van der Waals surface area contributed by atoms with Crippen molar-refractivity contribution in [2.75, 3.05) is 0 Å². The Morgan fingerprint density at radius 2 is 2.00 bits per heavy atom. The van der Waals surface area contributed by atoms with Gasteiger partial charge >= 0.3 is 0 Å². The Morgan fingerprint density at radius 1 is 1.30 bits per heavy atom. The number of hydrogen-bond donors (Lipinski definition) is 1. The summed E-state index contributed by atoms with van der Waals surface area (Å²) in [5.41, 5.74) is 1.00. The molecule has 20 heavy (non-hydrogen) atoms. The molecule has 0 aliphatic heterocycles. The van der Waals surface area contributed by atoms with Crippen LogP contribution in [0.15, 0.2) is 24.3 Å². The summed E-state index contributed by atoms with van der Waals surface area (Å²) in [4.78, 5) is 10.7. The quantitative estimate of drug-likeness (QED) is 0.630. The minimum absolute atomic E-state index is 0.221. The van der Waals surface area contributed by atoms with Crippen LogP contribution in [-0.2, 0) is 6.54 Å². The maximum Gasteiger partial charge on any atom is 0.273 e. The van der Waals surface area contributed by atoms with Crippen molar-refractivity contribution in [2.24, 2.45) is 5.92 Å². The summed E-state index contributed by atoms with van der Waals surface area (Å²) in [6.07, 6.45) is 7.69. The van der Waals surface area contributed by atoms with Gasteiger partial charge in [-0.3, -0.25) is 10.1 Å². The van der Waals surface area contributed by atoms with Gasteiger partial charge in [-0.05, 0) is 25.2 Å². The van der Waals surface area contributed by atoms with Crippen LogP contribution in [-0.4, -0.2) is 11.0 Å². The van der Waals surface area contributed by atoms with Crippen LogP contribution in [0.4, 0.5) is 5.69 Å². The van der Waals surface area contributed by atoms with Crippen molar-refractivity contribution in [1.82, 2.24) is 5.32 Å². The zero-order chi connectivity index (χ0) is 14.4. The molecule has 1 unspecified atom stereocenters. The van der Waals surface area contributed by atoms with Gasteiger partial charge in [0.1, 0.15) is 0 Å². The second-order valence-corrected chi connectivity index (χ2v) is 5.68. The van der Waals surface area contributed by atoms with E-state index in [1.165, 1.54) is 32.1 Å². The van der Waals surface area contributed by atoms with Crippen molar-refractivity contribution in [3.8, 4) is 0 Å². The SMILES string of the molecule is CCC(NCc1ccccc1[N+](=O)[O-])C1CCCCC1. The number of rotatable bonds is 6. The molecule has 1 aliphatic rings. The van der Waals surface area contributed by atoms with Crippen LogP contribution in [0, 0.1) is 16.0 Å². The van der Waals surface area contributed by atoms with Gasteiger partial charge < -0.3 is 5.32 Å². The fraction of sp³-hybridized carbons (Fsp3) is 0.625. The van der Waals surface area contributed by atoms with E-state index in [9.17, 15) is 10.1 Å². The lowest BCUT2D eigenvalue weighted by Crippen LogP contribution is -2.36. The van der Waals surface area contributed by atoms with Crippen LogP contribution in [0.3, 0.4) is 0 Å². The largest absolute Gasteiger partial charge is 0.309 e. The minimum Gasteiger partial charge on any atom is -0.309 e. The van der Waals surface area contributed by atoms with E-state index in [2.05, 4.69) is 12.2 Å². The van der Waals surface area contributed by atoms with Crippen LogP contribution in [0.5, 0.6) is 0 Å². The lowest BCUT2D eigenvalue weighted by molar-refractivity contribution is -0.385. The van der Waals surface area contributed by atoms with E-state index < -0.39 is 0 Å². The molecule has 1 saturated carbocycles. The molecule has 0 bridgehead atoms. The van der Waals surface area contributed by atoms with Gasteiger partial charge in [0.25, 0.3) is 5.69 Å². The molecule has 0 heterocycles. The van der Waals surface area contributed by atoms with Crippen molar-refractivity contribution in [3.63, 3.8) is 0 Å². The smallest absolute Gasteiger partial charge is 0.273 e. The Hall–Kier alpha value is -1.42. The molecule has 2 rings (SSSR count). The highest BCUT2D eigenvalue weighted by atomic mass is 16.6. The Labute approximate surface area is 120 Å². The molecule has 1 fully saturated rings. The zero-order valence-electron chi connectivity index (χ0n) is 12.2. The average molecular weight is 276 g/mol. The predicted molar refractivity (Wildman–Crippen MR) is 80.6 cm³/mol. The van der Waals surface area contributed by atoms with E-state index in [4.69, 9.17) is 0 Å². The molecular weight excluding hydrogens is 252 g/mol. The second kappa shape index (κ2) is 7.39. The van der Waals surface area contributed by atoms with Crippen LogP contribution in [0.25, 0.3) is 0 Å². The van der Waals surface area contributed by atoms with Gasteiger partial charge in [0.2, 0.25) is 0 Å². The molecule has 0 amide bonds. The Bertz CT molecular complexity index is 442. The minimum atomic E-state index is -0.293. The fourth-order valence-corrected chi connectivity index (χ4v) is 3.26. The Balaban J connectivity index is 1.97. The molecule has 0 aromatic heterocycles. The number of nitrogens with one attached hydrogen (secondary N) is 1. The van der Waals surface area contributed by atoms with E-state index in [1.807, 2.05) is 12.1 Å². The van der Waals surface area contributed by atoms with Crippen molar-refractivity contribution < 1.29 is 4.92 Å². The van der Waals surface area contributed by atoms with Crippen molar-refractivity contribution in [2.45, 2.75) is 58.0 Å². The number of para-hydroxylation sites is 1. The predicted octanol–water partition coefficient (Wildman–Crippen LogP) is 4.04. The second-order valence-electron chi connectivity index (χ2n) is 5.68. The molecule has 1 aromatic rings. The molecule has 0 saturated heterocycles. The summed E-state index contributed by atoms with van der Waals surface area (Å²) in [7, 11) is 0. The van der Waals surface area contributed by atoms with Gasteiger partial charge in [-0.1, -0.05) is 44.4 Å². The fourth-order valence-electron chi connectivity index (χ4n) is 3.26. The summed E-state index contributed by atoms with van der Waals surface area (Å²) in [6.45, 7) is 2.79. The number of nitro benzene ring substituents is 1.